The van der Waals surface area contributed by atoms with Crippen LogP contribution in [0.1, 0.15) is 66.2 Å². The van der Waals surface area contributed by atoms with Crippen LogP contribution in [0.3, 0.4) is 0 Å². The van der Waals surface area contributed by atoms with Gasteiger partial charge in [0.2, 0.25) is 0 Å². The fourth-order valence-corrected chi connectivity index (χ4v) is 4.58. The summed E-state index contributed by atoms with van der Waals surface area (Å²) in [5.74, 6) is -0.0324. The molecule has 3 rings (SSSR count). The second kappa shape index (κ2) is 12.6. The Balaban J connectivity index is 1.51. The van der Waals surface area contributed by atoms with Crippen LogP contribution in [0.15, 0.2) is 84.0 Å². The molecule has 0 N–H and O–H groups in total. The maximum atomic E-state index is 13.1. The molecule has 0 unspecified atom stereocenters. The summed E-state index contributed by atoms with van der Waals surface area (Å²) >= 11 is 0. The maximum Gasteiger partial charge on any atom is 0.311 e. The molecule has 1 aliphatic rings. The fraction of sp³-hybridized carbons (Fsp3) is 0.375. The van der Waals surface area contributed by atoms with Gasteiger partial charge in [-0.15, -0.1) is 0 Å². The van der Waals surface area contributed by atoms with E-state index in [2.05, 4.69) is 0 Å². The predicted molar refractivity (Wildman–Crippen MR) is 146 cm³/mol. The van der Waals surface area contributed by atoms with Crippen LogP contribution in [-0.2, 0) is 19.2 Å². The lowest BCUT2D eigenvalue weighted by molar-refractivity contribution is -0.135. The van der Waals surface area contributed by atoms with E-state index < -0.39 is 10.8 Å². The molecule has 0 spiro atoms. The Morgan fingerprint density at radius 3 is 1.29 bits per heavy atom. The quantitative estimate of drug-likeness (QED) is 0.180. The van der Waals surface area contributed by atoms with Crippen molar-refractivity contribution < 1.29 is 28.7 Å². The van der Waals surface area contributed by atoms with Gasteiger partial charge in [0.25, 0.3) is 0 Å². The summed E-state index contributed by atoms with van der Waals surface area (Å²) in [7, 11) is 0. The highest BCUT2D eigenvalue weighted by Crippen LogP contribution is 2.40. The third kappa shape index (κ3) is 8.10. The first-order valence-corrected chi connectivity index (χ1v) is 13.0. The van der Waals surface area contributed by atoms with Crippen LogP contribution in [0.5, 0.6) is 11.5 Å². The average Bonchev–Trinajstić information content (AvgIpc) is 2.86. The average molecular weight is 517 g/mol. The molecule has 1 aliphatic carbocycles. The number of rotatable bonds is 12. The molecule has 0 bridgehead atoms. The van der Waals surface area contributed by atoms with Crippen molar-refractivity contribution in [3.8, 4) is 11.5 Å². The summed E-state index contributed by atoms with van der Waals surface area (Å²) < 4.78 is 10.7. The summed E-state index contributed by atoms with van der Waals surface area (Å²) in [5, 5.41) is 0. The fourth-order valence-electron chi connectivity index (χ4n) is 4.58. The number of carbonyl (C=O) groups is 4. The topological polar surface area (TPSA) is 86.7 Å². The van der Waals surface area contributed by atoms with E-state index in [0.717, 1.165) is 0 Å². The number of esters is 2. The van der Waals surface area contributed by atoms with Gasteiger partial charge in [-0.25, -0.2) is 0 Å². The van der Waals surface area contributed by atoms with Gasteiger partial charge < -0.3 is 9.47 Å². The number of ketones is 2. The zero-order chi connectivity index (χ0) is 27.8. The highest BCUT2D eigenvalue weighted by molar-refractivity contribution is 6.20. The van der Waals surface area contributed by atoms with Crippen LogP contribution in [0, 0.1) is 10.8 Å². The maximum absolute atomic E-state index is 13.1. The standard InChI is InChI=1S/C32H36O6/c1-31(2,19-11-17-29(35)37-23-13-7-5-8-14-23)25-21-28(34)26(22-27(25)33)32(3,4)20-12-18-30(36)38-24-15-9-6-10-16-24/h5-10,13-16,21-22H,11-12,17-20H2,1-4H3. The minimum Gasteiger partial charge on any atom is -0.427 e. The minimum absolute atomic E-state index is 0.187. The lowest BCUT2D eigenvalue weighted by Gasteiger charge is -2.32. The zero-order valence-electron chi connectivity index (χ0n) is 22.6. The number of ether oxygens (including phenoxy) is 2. The third-order valence-corrected chi connectivity index (χ3v) is 6.86. The van der Waals surface area contributed by atoms with Gasteiger partial charge in [0.05, 0.1) is 0 Å². The van der Waals surface area contributed by atoms with Crippen molar-refractivity contribution in [1.82, 2.24) is 0 Å². The van der Waals surface area contributed by atoms with Crippen molar-refractivity contribution in [2.24, 2.45) is 10.8 Å². The molecule has 0 atom stereocenters. The number of benzene rings is 2. The van der Waals surface area contributed by atoms with Crippen LogP contribution in [0.2, 0.25) is 0 Å². The van der Waals surface area contributed by atoms with Gasteiger partial charge in [-0.3, -0.25) is 19.2 Å². The van der Waals surface area contributed by atoms with Gasteiger partial charge in [-0.05, 0) is 72.9 Å². The SMILES string of the molecule is CC(C)(CCCC(=O)Oc1ccccc1)C1=CC(=O)C(C(C)(C)CCCC(=O)Oc2ccccc2)=CC1=O. The Morgan fingerprint density at radius 1 is 0.605 bits per heavy atom. The molecule has 0 saturated carbocycles. The lowest BCUT2D eigenvalue weighted by atomic mass is 9.70. The first-order valence-electron chi connectivity index (χ1n) is 13.0. The second-order valence-electron chi connectivity index (χ2n) is 10.9. The predicted octanol–water partition coefficient (Wildman–Crippen LogP) is 6.60. The van der Waals surface area contributed by atoms with Crippen LogP contribution in [0.4, 0.5) is 0 Å². The third-order valence-electron chi connectivity index (χ3n) is 6.86. The Morgan fingerprint density at radius 2 is 0.947 bits per heavy atom. The van der Waals surface area contributed by atoms with Gasteiger partial charge in [0.1, 0.15) is 11.5 Å². The number of hydrogen-bond acceptors (Lipinski definition) is 6. The number of allylic oxidation sites excluding steroid dienone is 4. The summed E-state index contributed by atoms with van der Waals surface area (Å²) in [6, 6.07) is 17.8. The van der Waals surface area contributed by atoms with E-state index in [-0.39, 0.29) is 36.3 Å². The van der Waals surface area contributed by atoms with E-state index in [9.17, 15) is 19.2 Å². The second-order valence-corrected chi connectivity index (χ2v) is 10.9. The molecule has 0 radical (unpaired) electrons. The van der Waals surface area contributed by atoms with Crippen molar-refractivity contribution in [1.29, 1.82) is 0 Å². The number of hydrogen-bond donors (Lipinski definition) is 0. The summed E-state index contributed by atoms with van der Waals surface area (Å²) in [6.07, 6.45) is 5.49. The van der Waals surface area contributed by atoms with E-state index in [1.165, 1.54) is 12.2 Å². The van der Waals surface area contributed by atoms with E-state index in [1.54, 1.807) is 48.5 Å². The van der Waals surface area contributed by atoms with Crippen molar-refractivity contribution in [3.63, 3.8) is 0 Å². The highest BCUT2D eigenvalue weighted by Gasteiger charge is 2.36. The lowest BCUT2D eigenvalue weighted by Crippen LogP contribution is -2.30. The molecule has 0 heterocycles. The molecule has 6 nitrogen and oxygen atoms in total. The van der Waals surface area contributed by atoms with Gasteiger partial charge in [-0.2, -0.15) is 0 Å². The van der Waals surface area contributed by atoms with E-state index in [0.29, 0.717) is 48.3 Å². The molecular weight excluding hydrogens is 480 g/mol. The first-order chi connectivity index (χ1) is 18.0. The molecule has 6 heteroatoms. The Labute approximate surface area is 224 Å². The molecule has 0 amide bonds. The van der Waals surface area contributed by atoms with E-state index >= 15 is 0 Å². The molecule has 2 aromatic rings. The van der Waals surface area contributed by atoms with Crippen molar-refractivity contribution in [2.45, 2.75) is 66.2 Å². The van der Waals surface area contributed by atoms with Gasteiger partial charge in [-0.1, -0.05) is 64.1 Å². The molecule has 38 heavy (non-hydrogen) atoms. The number of para-hydroxylation sites is 2. The van der Waals surface area contributed by atoms with Gasteiger partial charge in [0, 0.05) is 24.0 Å². The Hall–Kier alpha value is -3.80. The summed E-state index contributed by atoms with van der Waals surface area (Å²) in [6.45, 7) is 7.65. The smallest absolute Gasteiger partial charge is 0.311 e. The molecule has 200 valence electrons. The normalized spacial score (nSPS) is 14.0. The molecule has 0 aromatic heterocycles. The first kappa shape index (κ1) is 28.8. The summed E-state index contributed by atoms with van der Waals surface area (Å²) in [5.41, 5.74) is -0.255. The van der Waals surface area contributed by atoms with Crippen LogP contribution < -0.4 is 9.47 Å². The molecule has 0 saturated heterocycles. The summed E-state index contributed by atoms with van der Waals surface area (Å²) in [4.78, 5) is 50.5. The zero-order valence-corrected chi connectivity index (χ0v) is 22.6. The van der Waals surface area contributed by atoms with Crippen LogP contribution >= 0.6 is 0 Å². The molecular formula is C32H36O6. The highest BCUT2D eigenvalue weighted by atomic mass is 16.5. The van der Waals surface area contributed by atoms with Crippen molar-refractivity contribution in [2.75, 3.05) is 0 Å². The van der Waals surface area contributed by atoms with E-state index in [1.807, 2.05) is 39.8 Å². The molecule has 0 aliphatic heterocycles. The monoisotopic (exact) mass is 516 g/mol. The van der Waals surface area contributed by atoms with E-state index in [4.69, 9.17) is 9.47 Å². The molecule has 0 fully saturated rings. The minimum atomic E-state index is -0.576. The van der Waals surface area contributed by atoms with Crippen LogP contribution in [-0.4, -0.2) is 23.5 Å². The van der Waals surface area contributed by atoms with Crippen molar-refractivity contribution >= 4 is 23.5 Å². The largest absolute Gasteiger partial charge is 0.427 e. The van der Waals surface area contributed by atoms with Crippen molar-refractivity contribution in [3.05, 3.63) is 84.0 Å². The molecule has 2 aromatic carbocycles. The van der Waals surface area contributed by atoms with Crippen LogP contribution in [0.25, 0.3) is 0 Å². The Bertz CT molecular complexity index is 1120. The Kier molecular flexibility index (Phi) is 9.56. The van der Waals surface area contributed by atoms with Gasteiger partial charge in [0.15, 0.2) is 11.6 Å². The number of carbonyl (C=O) groups excluding carboxylic acids is 4. The van der Waals surface area contributed by atoms with Gasteiger partial charge >= 0.3 is 11.9 Å².